The lowest BCUT2D eigenvalue weighted by molar-refractivity contribution is 0.0627. The van der Waals surface area contributed by atoms with E-state index in [9.17, 15) is 4.79 Å². The molecule has 4 nitrogen and oxygen atoms in total. The van der Waals surface area contributed by atoms with Crippen LogP contribution in [-0.2, 0) is 11.2 Å². The first-order valence-corrected chi connectivity index (χ1v) is 10.9. The predicted molar refractivity (Wildman–Crippen MR) is 104 cm³/mol. The summed E-state index contributed by atoms with van der Waals surface area (Å²) in [4.78, 5) is 14.3. The summed E-state index contributed by atoms with van der Waals surface area (Å²) in [6, 6.07) is 6.30. The maximum Gasteiger partial charge on any atom is 0.514 e. The van der Waals surface area contributed by atoms with Crippen molar-refractivity contribution < 1.29 is 14.3 Å². The van der Waals surface area contributed by atoms with Crippen LogP contribution in [-0.4, -0.2) is 37.3 Å². The molecule has 3 fully saturated rings. The largest absolute Gasteiger partial charge is 0.514 e. The average Bonchev–Trinajstić information content (AvgIpc) is 3.29. The Labute approximate surface area is 162 Å². The Morgan fingerprint density at radius 1 is 1.07 bits per heavy atom. The van der Waals surface area contributed by atoms with Gasteiger partial charge in [-0.3, -0.25) is 0 Å². The van der Waals surface area contributed by atoms with E-state index in [1.165, 1.54) is 49.7 Å². The lowest BCUT2D eigenvalue weighted by Crippen LogP contribution is -2.34. The van der Waals surface area contributed by atoms with Gasteiger partial charge in [0.15, 0.2) is 0 Å². The average molecular weight is 370 g/mol. The van der Waals surface area contributed by atoms with Crippen molar-refractivity contribution in [1.29, 1.82) is 0 Å². The first kappa shape index (κ1) is 17.5. The van der Waals surface area contributed by atoms with E-state index in [4.69, 9.17) is 9.47 Å². The van der Waals surface area contributed by atoms with Crippen LogP contribution < -0.4 is 4.74 Å². The second-order valence-electron chi connectivity index (χ2n) is 9.24. The second-order valence-corrected chi connectivity index (χ2v) is 9.24. The van der Waals surface area contributed by atoms with E-state index < -0.39 is 6.16 Å². The van der Waals surface area contributed by atoms with Gasteiger partial charge in [0.2, 0.25) is 0 Å². The fourth-order valence-electron chi connectivity index (χ4n) is 6.49. The number of hydrogen-bond acceptors (Lipinski definition) is 4. The highest BCUT2D eigenvalue weighted by atomic mass is 16.7. The van der Waals surface area contributed by atoms with Crippen LogP contribution in [0.15, 0.2) is 18.2 Å². The Morgan fingerprint density at radius 2 is 2.00 bits per heavy atom. The number of likely N-dealkylation sites (N-methyl/N-ethyl adjacent to an activating group) is 1. The van der Waals surface area contributed by atoms with Crippen molar-refractivity contribution in [3.63, 3.8) is 0 Å². The molecule has 5 unspecified atom stereocenters. The highest BCUT2D eigenvalue weighted by Gasteiger charge is 2.43. The molecule has 4 heteroatoms. The molecule has 1 aromatic rings. The molecular formula is C23H31NO3. The fourth-order valence-corrected chi connectivity index (χ4v) is 6.49. The molecule has 0 spiro atoms. The van der Waals surface area contributed by atoms with Crippen molar-refractivity contribution in [2.45, 2.75) is 63.4 Å². The molecule has 1 aliphatic heterocycles. The number of carbonyl (C=O) groups is 1. The molecule has 1 saturated heterocycles. The van der Waals surface area contributed by atoms with Gasteiger partial charge in [-0.15, -0.1) is 0 Å². The molecule has 0 bridgehead atoms. The second kappa shape index (κ2) is 7.12. The van der Waals surface area contributed by atoms with Crippen LogP contribution in [0.2, 0.25) is 0 Å². The van der Waals surface area contributed by atoms with Crippen molar-refractivity contribution in [2.75, 3.05) is 20.1 Å². The summed E-state index contributed by atoms with van der Waals surface area (Å²) >= 11 is 0. The van der Waals surface area contributed by atoms with Crippen LogP contribution in [0.3, 0.4) is 0 Å². The predicted octanol–water partition coefficient (Wildman–Crippen LogP) is 4.76. The number of carbonyl (C=O) groups excluding carboxylic acids is 1. The molecule has 146 valence electrons. The van der Waals surface area contributed by atoms with Gasteiger partial charge in [-0.25, -0.2) is 4.79 Å². The molecule has 5 rings (SSSR count). The maximum atomic E-state index is 12.1. The summed E-state index contributed by atoms with van der Waals surface area (Å²) in [6.45, 7) is 1.77. The van der Waals surface area contributed by atoms with Gasteiger partial charge in [-0.2, -0.15) is 0 Å². The van der Waals surface area contributed by atoms with Gasteiger partial charge in [0.25, 0.3) is 0 Å². The Morgan fingerprint density at radius 3 is 2.85 bits per heavy atom. The Bertz CT molecular complexity index is 718. The monoisotopic (exact) mass is 369 g/mol. The molecule has 0 radical (unpaired) electrons. The first-order chi connectivity index (χ1) is 13.2. The SMILES string of the molecule is CN1CCC(OC(=O)Oc2ccc3c(c2)CCC2C3CCC3CCCC32)C1. The van der Waals surface area contributed by atoms with Crippen LogP contribution in [0.25, 0.3) is 0 Å². The third-order valence-electron chi connectivity index (χ3n) is 7.71. The third kappa shape index (κ3) is 3.37. The smallest absolute Gasteiger partial charge is 0.429 e. The molecule has 27 heavy (non-hydrogen) atoms. The molecular weight excluding hydrogens is 338 g/mol. The van der Waals surface area contributed by atoms with Crippen LogP contribution in [0.4, 0.5) is 4.79 Å². The molecule has 3 aliphatic carbocycles. The molecule has 2 saturated carbocycles. The number of likely N-dealkylation sites (tertiary alicyclic amines) is 1. The minimum atomic E-state index is -0.560. The fraction of sp³-hybridized carbons (Fsp3) is 0.696. The summed E-state index contributed by atoms with van der Waals surface area (Å²) in [5.74, 6) is 4.21. The number of benzene rings is 1. The van der Waals surface area contributed by atoms with Crippen molar-refractivity contribution in [3.05, 3.63) is 29.3 Å². The quantitative estimate of drug-likeness (QED) is 0.556. The Kier molecular flexibility index (Phi) is 4.63. The van der Waals surface area contributed by atoms with E-state index in [0.717, 1.165) is 49.6 Å². The van der Waals surface area contributed by atoms with E-state index >= 15 is 0 Å². The van der Waals surface area contributed by atoms with E-state index in [1.807, 2.05) is 13.1 Å². The van der Waals surface area contributed by atoms with Crippen LogP contribution >= 0.6 is 0 Å². The number of ether oxygens (including phenoxy) is 2. The maximum absolute atomic E-state index is 12.1. The first-order valence-electron chi connectivity index (χ1n) is 10.9. The van der Waals surface area contributed by atoms with Gasteiger partial charge in [0, 0.05) is 13.1 Å². The third-order valence-corrected chi connectivity index (χ3v) is 7.71. The number of aryl methyl sites for hydroxylation is 1. The topological polar surface area (TPSA) is 38.8 Å². The van der Waals surface area contributed by atoms with Crippen LogP contribution in [0, 0.1) is 17.8 Å². The molecule has 0 aromatic heterocycles. The zero-order valence-electron chi connectivity index (χ0n) is 16.4. The van der Waals surface area contributed by atoms with Crippen molar-refractivity contribution in [2.24, 2.45) is 17.8 Å². The van der Waals surface area contributed by atoms with Crippen LogP contribution in [0.5, 0.6) is 5.75 Å². The van der Waals surface area contributed by atoms with E-state index in [2.05, 4.69) is 17.0 Å². The molecule has 0 amide bonds. The number of hydrogen-bond donors (Lipinski definition) is 0. The zero-order chi connectivity index (χ0) is 18.4. The normalized spacial score (nSPS) is 35.2. The number of rotatable bonds is 2. The molecule has 0 N–H and O–H groups in total. The van der Waals surface area contributed by atoms with Crippen molar-refractivity contribution in [1.82, 2.24) is 4.90 Å². The van der Waals surface area contributed by atoms with Crippen molar-refractivity contribution >= 4 is 6.16 Å². The number of fused-ring (bicyclic) bond motifs is 5. The minimum Gasteiger partial charge on any atom is -0.429 e. The van der Waals surface area contributed by atoms with Crippen LogP contribution in [0.1, 0.15) is 62.0 Å². The summed E-state index contributed by atoms with van der Waals surface area (Å²) in [5, 5.41) is 0. The zero-order valence-corrected chi connectivity index (χ0v) is 16.4. The van der Waals surface area contributed by atoms with Gasteiger partial charge in [-0.05, 0) is 92.5 Å². The summed E-state index contributed by atoms with van der Waals surface area (Å²) in [6.07, 6.45) is 9.83. The highest BCUT2D eigenvalue weighted by Crippen LogP contribution is 2.55. The summed E-state index contributed by atoms with van der Waals surface area (Å²) in [7, 11) is 2.05. The van der Waals surface area contributed by atoms with E-state index in [1.54, 1.807) is 0 Å². The Hall–Kier alpha value is -1.55. The van der Waals surface area contributed by atoms with Gasteiger partial charge in [0.05, 0.1) is 0 Å². The summed E-state index contributed by atoms with van der Waals surface area (Å²) < 4.78 is 11.0. The van der Waals surface area contributed by atoms with E-state index in [-0.39, 0.29) is 6.10 Å². The highest BCUT2D eigenvalue weighted by molar-refractivity contribution is 5.64. The lowest BCUT2D eigenvalue weighted by atomic mass is 9.61. The van der Waals surface area contributed by atoms with Crippen molar-refractivity contribution in [3.8, 4) is 5.75 Å². The standard InChI is InChI=1S/C23H31NO3/c1-24-12-11-18(14-24)27-23(25)26-17-7-10-20-16(13-17)6-9-21-19-4-2-3-15(19)5-8-22(20)21/h7,10,13,15,18-19,21-22H,2-6,8-9,11-12,14H2,1H3. The molecule has 4 aliphatic rings. The molecule has 1 heterocycles. The number of nitrogens with zero attached hydrogens (tertiary/aromatic N) is 1. The minimum absolute atomic E-state index is 0.0394. The van der Waals surface area contributed by atoms with Gasteiger partial charge in [-0.1, -0.05) is 18.9 Å². The molecule has 5 atom stereocenters. The van der Waals surface area contributed by atoms with Gasteiger partial charge >= 0.3 is 6.16 Å². The molecule has 1 aromatic carbocycles. The van der Waals surface area contributed by atoms with Gasteiger partial charge < -0.3 is 14.4 Å². The lowest BCUT2D eigenvalue weighted by Gasteiger charge is -2.44. The Balaban J connectivity index is 1.26. The van der Waals surface area contributed by atoms with Gasteiger partial charge in [0.1, 0.15) is 11.9 Å². The summed E-state index contributed by atoms with van der Waals surface area (Å²) in [5.41, 5.74) is 2.91. The van der Waals surface area contributed by atoms with E-state index in [0.29, 0.717) is 5.75 Å².